The molecular weight excluding hydrogens is 188 g/mol. The number of hydrogen-bond acceptors (Lipinski definition) is 3. The molecule has 1 atom stereocenters. The van der Waals surface area contributed by atoms with Crippen LogP contribution in [0.4, 0.5) is 0 Å². The van der Waals surface area contributed by atoms with E-state index in [2.05, 4.69) is 9.97 Å². The minimum Gasteiger partial charge on any atom is -0.481 e. The number of carboxylic acids is 2. The number of rotatable bonds is 4. The van der Waals surface area contributed by atoms with E-state index >= 15 is 0 Å². The second-order valence-electron chi connectivity index (χ2n) is 2.79. The molecule has 0 saturated heterocycles. The van der Waals surface area contributed by atoms with Crippen molar-refractivity contribution in [2.24, 2.45) is 0 Å². The van der Waals surface area contributed by atoms with Gasteiger partial charge in [-0.25, -0.2) is 9.78 Å². The second-order valence-corrected chi connectivity index (χ2v) is 2.79. The molecule has 0 aliphatic rings. The summed E-state index contributed by atoms with van der Waals surface area (Å²) in [6.07, 6.45) is 1.48. The summed E-state index contributed by atoms with van der Waals surface area (Å²) in [6, 6.07) is 0. The van der Waals surface area contributed by atoms with Crippen LogP contribution in [0.25, 0.3) is 0 Å². The van der Waals surface area contributed by atoms with Gasteiger partial charge in [-0.3, -0.25) is 4.79 Å². The maximum atomic E-state index is 10.7. The summed E-state index contributed by atoms with van der Waals surface area (Å²) < 4.78 is 0. The van der Waals surface area contributed by atoms with E-state index in [1.165, 1.54) is 0 Å². The normalized spacial score (nSPS) is 12.4. The highest BCUT2D eigenvalue weighted by atomic mass is 16.4. The predicted molar refractivity (Wildman–Crippen MR) is 46.2 cm³/mol. The number of H-pyrrole nitrogens is 1. The Hall–Kier alpha value is -1.85. The average molecular weight is 198 g/mol. The molecule has 1 aromatic heterocycles. The molecule has 0 saturated carbocycles. The lowest BCUT2D eigenvalue weighted by Crippen LogP contribution is -2.12. The van der Waals surface area contributed by atoms with Crippen molar-refractivity contribution in [1.29, 1.82) is 0 Å². The number of hydrogen-bond donors (Lipinski definition) is 3. The van der Waals surface area contributed by atoms with Crippen LogP contribution in [-0.2, 0) is 4.79 Å². The largest absolute Gasteiger partial charge is 0.481 e. The van der Waals surface area contributed by atoms with Crippen LogP contribution in [0.3, 0.4) is 0 Å². The SMILES string of the molecule is CCC(C(=O)O)c1ncc(C(=O)O)[nH]1. The molecule has 1 aromatic rings. The first kappa shape index (κ1) is 10.2. The van der Waals surface area contributed by atoms with Crippen molar-refractivity contribution in [3.63, 3.8) is 0 Å². The first-order chi connectivity index (χ1) is 6.56. The molecule has 0 aliphatic carbocycles. The first-order valence-corrected chi connectivity index (χ1v) is 4.07. The van der Waals surface area contributed by atoms with Crippen LogP contribution >= 0.6 is 0 Å². The Labute approximate surface area is 79.6 Å². The minimum absolute atomic E-state index is 0.0975. The number of aromatic nitrogens is 2. The van der Waals surface area contributed by atoms with Crippen molar-refractivity contribution in [2.75, 3.05) is 0 Å². The van der Waals surface area contributed by atoms with Gasteiger partial charge >= 0.3 is 11.9 Å². The smallest absolute Gasteiger partial charge is 0.353 e. The highest BCUT2D eigenvalue weighted by molar-refractivity contribution is 5.85. The van der Waals surface area contributed by atoms with Gasteiger partial charge in [-0.05, 0) is 6.42 Å². The summed E-state index contributed by atoms with van der Waals surface area (Å²) in [5.74, 6) is -2.76. The van der Waals surface area contributed by atoms with Gasteiger partial charge in [0, 0.05) is 0 Å². The van der Waals surface area contributed by atoms with E-state index in [0.29, 0.717) is 6.42 Å². The monoisotopic (exact) mass is 198 g/mol. The van der Waals surface area contributed by atoms with Gasteiger partial charge in [0.25, 0.3) is 0 Å². The van der Waals surface area contributed by atoms with Crippen LogP contribution < -0.4 is 0 Å². The van der Waals surface area contributed by atoms with Gasteiger partial charge in [-0.2, -0.15) is 0 Å². The molecule has 1 unspecified atom stereocenters. The summed E-state index contributed by atoms with van der Waals surface area (Å²) >= 11 is 0. The molecule has 1 rings (SSSR count). The van der Waals surface area contributed by atoms with E-state index in [0.717, 1.165) is 6.20 Å². The Balaban J connectivity index is 2.95. The Kier molecular flexibility index (Phi) is 2.85. The third kappa shape index (κ3) is 1.90. The number of carbonyl (C=O) groups is 2. The summed E-state index contributed by atoms with van der Waals surface area (Å²) in [7, 11) is 0. The van der Waals surface area contributed by atoms with Crippen molar-refractivity contribution in [1.82, 2.24) is 9.97 Å². The molecular formula is C8H10N2O4. The number of aromatic amines is 1. The van der Waals surface area contributed by atoms with E-state index in [1.807, 2.05) is 0 Å². The van der Waals surface area contributed by atoms with Crippen LogP contribution in [0.15, 0.2) is 6.20 Å². The fourth-order valence-electron chi connectivity index (χ4n) is 1.11. The van der Waals surface area contributed by atoms with Crippen molar-refractivity contribution in [3.05, 3.63) is 17.7 Å². The van der Waals surface area contributed by atoms with Crippen LogP contribution in [-0.4, -0.2) is 32.1 Å². The summed E-state index contributed by atoms with van der Waals surface area (Å²) in [6.45, 7) is 1.70. The molecule has 0 spiro atoms. The number of imidazole rings is 1. The minimum atomic E-state index is -1.15. The van der Waals surface area contributed by atoms with Crippen molar-refractivity contribution < 1.29 is 19.8 Å². The van der Waals surface area contributed by atoms with Crippen molar-refractivity contribution in [3.8, 4) is 0 Å². The van der Waals surface area contributed by atoms with Crippen molar-refractivity contribution >= 4 is 11.9 Å². The molecule has 0 aliphatic heterocycles. The third-order valence-electron chi connectivity index (χ3n) is 1.86. The lowest BCUT2D eigenvalue weighted by molar-refractivity contribution is -0.139. The van der Waals surface area contributed by atoms with Gasteiger partial charge in [-0.15, -0.1) is 0 Å². The molecule has 1 heterocycles. The molecule has 3 N–H and O–H groups in total. The van der Waals surface area contributed by atoms with E-state index in [1.54, 1.807) is 6.92 Å². The van der Waals surface area contributed by atoms with Crippen LogP contribution in [0, 0.1) is 0 Å². The van der Waals surface area contributed by atoms with E-state index in [9.17, 15) is 9.59 Å². The number of aliphatic carboxylic acids is 1. The molecule has 0 radical (unpaired) electrons. The lowest BCUT2D eigenvalue weighted by Gasteiger charge is -2.04. The van der Waals surface area contributed by atoms with Gasteiger partial charge < -0.3 is 15.2 Å². The quantitative estimate of drug-likeness (QED) is 0.660. The van der Waals surface area contributed by atoms with E-state index in [-0.39, 0.29) is 11.5 Å². The van der Waals surface area contributed by atoms with Gasteiger partial charge in [0.15, 0.2) is 0 Å². The van der Waals surface area contributed by atoms with Crippen LogP contribution in [0.1, 0.15) is 35.6 Å². The molecule has 6 nitrogen and oxygen atoms in total. The zero-order valence-corrected chi connectivity index (χ0v) is 7.52. The highest BCUT2D eigenvalue weighted by Gasteiger charge is 2.21. The zero-order valence-electron chi connectivity index (χ0n) is 7.52. The van der Waals surface area contributed by atoms with Crippen LogP contribution in [0.2, 0.25) is 0 Å². The van der Waals surface area contributed by atoms with Gasteiger partial charge in [-0.1, -0.05) is 6.92 Å². The average Bonchev–Trinajstić information content (AvgIpc) is 2.53. The second kappa shape index (κ2) is 3.91. The molecule has 0 fully saturated rings. The van der Waals surface area contributed by atoms with Gasteiger partial charge in [0.2, 0.25) is 0 Å². The number of nitrogens with zero attached hydrogens (tertiary/aromatic N) is 1. The number of aromatic carboxylic acids is 1. The highest BCUT2D eigenvalue weighted by Crippen LogP contribution is 2.16. The topological polar surface area (TPSA) is 103 Å². The Morgan fingerprint density at radius 3 is 2.57 bits per heavy atom. The summed E-state index contributed by atoms with van der Waals surface area (Å²) in [5, 5.41) is 17.3. The molecule has 0 aromatic carbocycles. The van der Waals surface area contributed by atoms with E-state index in [4.69, 9.17) is 10.2 Å². The molecule has 76 valence electrons. The van der Waals surface area contributed by atoms with Crippen molar-refractivity contribution in [2.45, 2.75) is 19.3 Å². The Morgan fingerprint density at radius 2 is 2.21 bits per heavy atom. The molecule has 6 heteroatoms. The van der Waals surface area contributed by atoms with Gasteiger partial charge in [0.05, 0.1) is 6.20 Å². The molecule has 14 heavy (non-hydrogen) atoms. The predicted octanol–water partition coefficient (Wildman–Crippen LogP) is 0.686. The summed E-state index contributed by atoms with van der Waals surface area (Å²) in [5.41, 5.74) is -0.0975. The zero-order chi connectivity index (χ0) is 10.7. The maximum Gasteiger partial charge on any atom is 0.353 e. The Morgan fingerprint density at radius 1 is 1.57 bits per heavy atom. The fourth-order valence-corrected chi connectivity index (χ4v) is 1.11. The van der Waals surface area contributed by atoms with Crippen LogP contribution in [0.5, 0.6) is 0 Å². The third-order valence-corrected chi connectivity index (χ3v) is 1.86. The Bertz CT molecular complexity index is 358. The van der Waals surface area contributed by atoms with E-state index < -0.39 is 17.9 Å². The van der Waals surface area contributed by atoms with Gasteiger partial charge in [0.1, 0.15) is 17.4 Å². The summed E-state index contributed by atoms with van der Waals surface area (Å²) in [4.78, 5) is 27.3. The lowest BCUT2D eigenvalue weighted by atomic mass is 10.1. The standard InChI is InChI=1S/C8H10N2O4/c1-2-4(7(11)12)6-9-3-5(10-6)8(13)14/h3-4H,2H2,1H3,(H,9,10)(H,11,12)(H,13,14). The first-order valence-electron chi connectivity index (χ1n) is 4.07. The number of carboxylic acid groups (broad SMARTS) is 2. The molecule has 0 amide bonds. The fraction of sp³-hybridized carbons (Fsp3) is 0.375. The molecule has 0 bridgehead atoms. The number of nitrogens with one attached hydrogen (secondary N) is 1. The maximum absolute atomic E-state index is 10.7.